The Morgan fingerprint density at radius 3 is 1.76 bits per heavy atom. The zero-order chi connectivity index (χ0) is 54.0. The van der Waals surface area contributed by atoms with Gasteiger partial charge in [0.1, 0.15) is 0 Å². The minimum absolute atomic E-state index is 0.561. The number of aryl methyl sites for hydroxylation is 1. The van der Waals surface area contributed by atoms with Gasteiger partial charge in [0.25, 0.3) is 0 Å². The first-order valence-electron chi connectivity index (χ1n) is 27.8. The molecule has 0 N–H and O–H groups in total. The second kappa shape index (κ2) is 21.1. The van der Waals surface area contributed by atoms with Gasteiger partial charge < -0.3 is 9.13 Å². The lowest BCUT2D eigenvalue weighted by atomic mass is 9.63. The second-order valence-electron chi connectivity index (χ2n) is 20.3. The average molecular weight is 1030 g/mol. The fourth-order valence-electron chi connectivity index (χ4n) is 12.5. The third kappa shape index (κ3) is 8.20. The van der Waals surface area contributed by atoms with Gasteiger partial charge in [-0.3, -0.25) is 0 Å². The van der Waals surface area contributed by atoms with Crippen LogP contribution in [0.1, 0.15) is 59.3 Å². The summed E-state index contributed by atoms with van der Waals surface area (Å²) in [6, 6.07) is 81.1. The van der Waals surface area contributed by atoms with Crippen molar-refractivity contribution in [2.24, 2.45) is 0 Å². The van der Waals surface area contributed by atoms with E-state index >= 15 is 0 Å². The van der Waals surface area contributed by atoms with Gasteiger partial charge in [0.15, 0.2) is 17.5 Å². The monoisotopic (exact) mass is 1030 g/mol. The molecular formula is C75H59N5. The summed E-state index contributed by atoms with van der Waals surface area (Å²) in [4.78, 5) is 16.0. The van der Waals surface area contributed by atoms with E-state index < -0.39 is 10.8 Å². The average Bonchev–Trinajstić information content (AvgIpc) is 3.89. The van der Waals surface area contributed by atoms with Crippen molar-refractivity contribution in [1.82, 2.24) is 24.1 Å². The maximum Gasteiger partial charge on any atom is 0.164 e. The lowest BCUT2D eigenvalue weighted by molar-refractivity contribution is 0.728. The third-order valence-corrected chi connectivity index (χ3v) is 16.0. The zero-order valence-corrected chi connectivity index (χ0v) is 45.2. The molecule has 1 aliphatic carbocycles. The van der Waals surface area contributed by atoms with E-state index in [4.69, 9.17) is 15.0 Å². The maximum absolute atomic E-state index is 5.43. The first kappa shape index (κ1) is 49.6. The summed E-state index contributed by atoms with van der Waals surface area (Å²) in [6.07, 6.45) is 25.1. The Morgan fingerprint density at radius 2 is 1.02 bits per heavy atom. The van der Waals surface area contributed by atoms with E-state index in [2.05, 4.69) is 289 Å². The van der Waals surface area contributed by atoms with Crippen LogP contribution in [0.4, 0.5) is 0 Å². The molecule has 5 heteroatoms. The minimum atomic E-state index is -0.627. The van der Waals surface area contributed by atoms with Gasteiger partial charge in [-0.15, -0.1) is 0 Å². The summed E-state index contributed by atoms with van der Waals surface area (Å²) >= 11 is 0. The first-order chi connectivity index (χ1) is 39.6. The van der Waals surface area contributed by atoms with Crippen LogP contribution < -0.4 is 0 Å². The van der Waals surface area contributed by atoms with Crippen LogP contribution in [0.3, 0.4) is 0 Å². The molecule has 0 saturated heterocycles. The van der Waals surface area contributed by atoms with Crippen molar-refractivity contribution < 1.29 is 0 Å². The molecule has 2 aliphatic heterocycles. The van der Waals surface area contributed by atoms with E-state index in [-0.39, 0.29) is 0 Å². The molecule has 14 rings (SSSR count). The highest BCUT2D eigenvalue weighted by Crippen LogP contribution is 2.54. The number of rotatable bonds is 7. The topological polar surface area (TPSA) is 48.5 Å². The molecule has 80 heavy (non-hydrogen) atoms. The summed E-state index contributed by atoms with van der Waals surface area (Å²) < 4.78 is 4.81. The number of hydrogen-bond acceptors (Lipinski definition) is 3. The zero-order valence-electron chi connectivity index (χ0n) is 45.2. The Balaban J connectivity index is 0.00000299. The molecule has 11 aromatic rings. The Morgan fingerprint density at radius 1 is 0.438 bits per heavy atom. The predicted octanol–water partition coefficient (Wildman–Crippen LogP) is 18.4. The van der Waals surface area contributed by atoms with Crippen LogP contribution in [0.5, 0.6) is 0 Å². The van der Waals surface area contributed by atoms with Crippen molar-refractivity contribution in [3.05, 3.63) is 330 Å². The van der Waals surface area contributed by atoms with E-state index in [0.29, 0.717) is 17.5 Å². The molecule has 384 valence electrons. The van der Waals surface area contributed by atoms with Gasteiger partial charge in [-0.1, -0.05) is 257 Å². The molecular weight excluding hydrogens is 971 g/mol. The molecule has 0 bridgehead atoms. The highest BCUT2D eigenvalue weighted by atomic mass is 15.0. The Hall–Kier alpha value is -9.97. The summed E-state index contributed by atoms with van der Waals surface area (Å²) in [5.41, 5.74) is 15.6. The van der Waals surface area contributed by atoms with Gasteiger partial charge in [0.05, 0.1) is 33.1 Å². The second-order valence-corrected chi connectivity index (χ2v) is 20.3. The van der Waals surface area contributed by atoms with Crippen LogP contribution in [0.2, 0.25) is 0 Å². The quantitative estimate of drug-likeness (QED) is 0.160. The number of fused-ring (bicyclic) bond motifs is 5. The smallest absolute Gasteiger partial charge is 0.164 e. The molecule has 1 unspecified atom stereocenters. The lowest BCUT2D eigenvalue weighted by Gasteiger charge is -2.41. The maximum atomic E-state index is 5.43. The van der Waals surface area contributed by atoms with Crippen LogP contribution in [0.15, 0.2) is 291 Å². The van der Waals surface area contributed by atoms with Crippen LogP contribution in [0, 0.1) is 6.92 Å². The summed E-state index contributed by atoms with van der Waals surface area (Å²) in [5.74, 6) is 1.78. The van der Waals surface area contributed by atoms with E-state index in [9.17, 15) is 0 Å². The van der Waals surface area contributed by atoms with Crippen molar-refractivity contribution in [3.8, 4) is 39.9 Å². The molecule has 1 atom stereocenters. The highest BCUT2D eigenvalue weighted by Gasteiger charge is 2.45. The molecule has 0 spiro atoms. The molecule has 3 aromatic heterocycles. The number of hydrogen-bond donors (Lipinski definition) is 0. The third-order valence-electron chi connectivity index (χ3n) is 16.0. The molecule has 3 aliphatic rings. The molecule has 0 fully saturated rings. The molecule has 0 amide bonds. The van der Waals surface area contributed by atoms with Gasteiger partial charge in [0, 0.05) is 39.4 Å². The van der Waals surface area contributed by atoms with Crippen molar-refractivity contribution in [3.63, 3.8) is 0 Å². The van der Waals surface area contributed by atoms with E-state index in [1.54, 1.807) is 0 Å². The SMILES string of the molecule is CC.Cc1ccc(-c2nc(-c3ccccc3)nc(-c3ccc4c(c3)c3cccc5c3n4-c3ccccc3C5(c3ccccc3)c3ccccc3)n2)ccc2cccc3c2n1/C=C/C=C\C=C\C3(C1=CCC=CC=C1)c1ccccc1. The van der Waals surface area contributed by atoms with Crippen LogP contribution in [-0.2, 0) is 10.8 Å². The van der Waals surface area contributed by atoms with Gasteiger partial charge >= 0.3 is 0 Å². The molecule has 5 heterocycles. The van der Waals surface area contributed by atoms with Gasteiger partial charge in [-0.25, -0.2) is 15.0 Å². The van der Waals surface area contributed by atoms with Crippen LogP contribution in [0.25, 0.3) is 78.8 Å². The van der Waals surface area contributed by atoms with Crippen molar-refractivity contribution in [2.45, 2.75) is 38.0 Å². The normalized spacial score (nSPS) is 16.8. The van der Waals surface area contributed by atoms with Gasteiger partial charge in [-0.05, 0) is 100 Å². The molecule has 8 aromatic carbocycles. The van der Waals surface area contributed by atoms with Crippen LogP contribution in [-0.4, -0.2) is 24.1 Å². The Labute approximate surface area is 468 Å². The van der Waals surface area contributed by atoms with Gasteiger partial charge in [0.2, 0.25) is 0 Å². The lowest BCUT2D eigenvalue weighted by Crippen LogP contribution is -2.35. The standard InChI is InChI=1S/C73H53N5.C2H6/c1-51-42-43-54(45-44-52-28-24-39-63-67(52)77(51)49-23-5-4-22-48-72(63,57-31-14-7-15-32-57)56-29-12-2-3-13-30-56)70-74-69(53-26-10-6-11-27-53)75-71(76-70)55-46-47-65-61(50-55)60-37-25-40-64-68(60)78(65)66-41-21-20-38-62(66)73(64,58-33-16-8-17-34-58)59-35-18-9-19-36-59;1-2/h2-12,14-50H,13H2,1H3;1-2H3/b5-4-,45-44?,48-22+,49-23+,51-42?,54-43?;. The van der Waals surface area contributed by atoms with E-state index in [0.717, 1.165) is 56.3 Å². The number of allylic oxidation sites excluding steroid dienone is 11. The van der Waals surface area contributed by atoms with E-state index in [1.807, 2.05) is 32.0 Å². The molecule has 0 saturated carbocycles. The van der Waals surface area contributed by atoms with Gasteiger partial charge in [-0.2, -0.15) is 0 Å². The number of nitrogens with zero attached hydrogens (tertiary/aromatic N) is 5. The number of para-hydroxylation sites is 3. The van der Waals surface area contributed by atoms with Crippen molar-refractivity contribution >= 4 is 38.9 Å². The number of aromatic nitrogens is 5. The predicted molar refractivity (Wildman–Crippen MR) is 333 cm³/mol. The minimum Gasteiger partial charge on any atom is -0.320 e. The van der Waals surface area contributed by atoms with E-state index in [1.165, 1.54) is 49.9 Å². The fourth-order valence-corrected chi connectivity index (χ4v) is 12.5. The van der Waals surface area contributed by atoms with Crippen LogP contribution >= 0.6 is 0 Å². The summed E-state index contributed by atoms with van der Waals surface area (Å²) in [5, 5.41) is 3.37. The largest absolute Gasteiger partial charge is 0.320 e. The Bertz CT molecular complexity index is 4360. The first-order valence-corrected chi connectivity index (χ1v) is 27.8. The van der Waals surface area contributed by atoms with Crippen molar-refractivity contribution in [1.29, 1.82) is 0 Å². The fraction of sp³-hybridized carbons (Fsp3) is 0.0800. The molecule has 5 nitrogen and oxygen atoms in total. The summed E-state index contributed by atoms with van der Waals surface area (Å²) in [7, 11) is 0. The highest BCUT2D eigenvalue weighted by molar-refractivity contribution is 6.13. The Kier molecular flexibility index (Phi) is 13.1. The number of benzene rings is 8. The summed E-state index contributed by atoms with van der Waals surface area (Å²) in [6.45, 7) is 6.18. The van der Waals surface area contributed by atoms with Crippen molar-refractivity contribution in [2.75, 3.05) is 0 Å². The molecule has 0 radical (unpaired) electrons.